The van der Waals surface area contributed by atoms with Crippen molar-refractivity contribution in [3.05, 3.63) is 65.4 Å². The lowest BCUT2D eigenvalue weighted by Gasteiger charge is -2.08. The van der Waals surface area contributed by atoms with Crippen LogP contribution in [0.15, 0.2) is 58.3 Å². The molecule has 4 aromatic rings. The number of benzene rings is 2. The lowest BCUT2D eigenvalue weighted by atomic mass is 10.1. The number of nitrogens with one attached hydrogen (secondary N) is 1. The van der Waals surface area contributed by atoms with Gasteiger partial charge in [0.25, 0.3) is 0 Å². The van der Waals surface area contributed by atoms with Crippen LogP contribution in [0.4, 0.5) is 5.13 Å². The van der Waals surface area contributed by atoms with Crippen LogP contribution in [0.1, 0.15) is 11.5 Å². The molecule has 31 heavy (non-hydrogen) atoms. The first-order chi connectivity index (χ1) is 15.1. The first-order valence-corrected chi connectivity index (χ1v) is 10.4. The number of ether oxygens (including phenoxy) is 2. The van der Waals surface area contributed by atoms with E-state index in [9.17, 15) is 4.79 Å². The summed E-state index contributed by atoms with van der Waals surface area (Å²) in [6.07, 6.45) is 0.0968. The van der Waals surface area contributed by atoms with Crippen LogP contribution in [0.3, 0.4) is 0 Å². The van der Waals surface area contributed by atoms with Gasteiger partial charge in [-0.2, -0.15) is 0 Å². The van der Waals surface area contributed by atoms with E-state index in [4.69, 9.17) is 13.9 Å². The van der Waals surface area contributed by atoms with Crippen LogP contribution in [-0.2, 0) is 11.2 Å². The van der Waals surface area contributed by atoms with Gasteiger partial charge in [0.05, 0.1) is 32.0 Å². The molecule has 2 heterocycles. The van der Waals surface area contributed by atoms with Crippen LogP contribution in [0.5, 0.6) is 11.5 Å². The van der Waals surface area contributed by atoms with E-state index in [0.29, 0.717) is 39.7 Å². The second-order valence-electron chi connectivity index (χ2n) is 6.72. The average molecular weight is 436 g/mol. The normalized spacial score (nSPS) is 10.7. The number of aryl methyl sites for hydroxylation is 1. The Morgan fingerprint density at radius 2 is 1.90 bits per heavy atom. The summed E-state index contributed by atoms with van der Waals surface area (Å²) in [4.78, 5) is 21.6. The van der Waals surface area contributed by atoms with E-state index in [1.807, 2.05) is 53.9 Å². The Kier molecular flexibility index (Phi) is 5.99. The highest BCUT2D eigenvalue weighted by atomic mass is 32.1. The molecule has 0 atom stereocenters. The van der Waals surface area contributed by atoms with E-state index in [1.165, 1.54) is 11.3 Å². The zero-order valence-corrected chi connectivity index (χ0v) is 18.2. The van der Waals surface area contributed by atoms with Gasteiger partial charge in [-0.1, -0.05) is 18.2 Å². The molecule has 0 unspecified atom stereocenters. The first kappa shape index (κ1) is 20.6. The smallest absolute Gasteiger partial charge is 0.232 e. The van der Waals surface area contributed by atoms with Crippen molar-refractivity contribution >= 4 is 22.4 Å². The number of carbonyl (C=O) groups is 1. The Morgan fingerprint density at radius 1 is 1.10 bits per heavy atom. The van der Waals surface area contributed by atoms with Gasteiger partial charge < -0.3 is 19.2 Å². The Morgan fingerprint density at radius 3 is 2.65 bits per heavy atom. The van der Waals surface area contributed by atoms with Crippen LogP contribution < -0.4 is 14.8 Å². The van der Waals surface area contributed by atoms with Gasteiger partial charge >= 0.3 is 0 Å². The minimum atomic E-state index is -0.213. The van der Waals surface area contributed by atoms with Gasteiger partial charge in [0.15, 0.2) is 5.13 Å². The molecule has 0 bridgehead atoms. The van der Waals surface area contributed by atoms with Crippen LogP contribution in [0.2, 0.25) is 0 Å². The maximum absolute atomic E-state index is 12.6. The molecule has 0 aliphatic rings. The van der Waals surface area contributed by atoms with Crippen molar-refractivity contribution in [1.82, 2.24) is 9.97 Å². The van der Waals surface area contributed by atoms with Gasteiger partial charge in [-0.3, -0.25) is 4.79 Å². The number of oxazole rings is 1. The molecule has 7 nitrogen and oxygen atoms in total. The highest BCUT2D eigenvalue weighted by Crippen LogP contribution is 2.35. The molecule has 2 aromatic carbocycles. The number of carbonyl (C=O) groups excluding carboxylic acids is 1. The van der Waals surface area contributed by atoms with E-state index in [-0.39, 0.29) is 12.3 Å². The number of nitrogens with zero attached hydrogens (tertiary/aromatic N) is 2. The number of methoxy groups -OCH3 is 2. The zero-order valence-electron chi connectivity index (χ0n) is 17.3. The molecule has 0 aliphatic carbocycles. The summed E-state index contributed by atoms with van der Waals surface area (Å²) >= 11 is 1.34. The van der Waals surface area contributed by atoms with Crippen molar-refractivity contribution in [2.45, 2.75) is 13.3 Å². The predicted molar refractivity (Wildman–Crippen MR) is 120 cm³/mol. The number of rotatable bonds is 7. The maximum Gasteiger partial charge on any atom is 0.232 e. The molecule has 8 heteroatoms. The Balaban J connectivity index is 1.48. The predicted octanol–water partition coefficient (Wildman–Crippen LogP) is 4.97. The average Bonchev–Trinajstić information content (AvgIpc) is 3.40. The molecule has 0 aliphatic heterocycles. The molecule has 0 spiro atoms. The largest absolute Gasteiger partial charge is 0.497 e. The van der Waals surface area contributed by atoms with Crippen molar-refractivity contribution in [2.24, 2.45) is 0 Å². The summed E-state index contributed by atoms with van der Waals surface area (Å²) in [7, 11) is 3.21. The van der Waals surface area contributed by atoms with Crippen molar-refractivity contribution in [2.75, 3.05) is 19.5 Å². The highest BCUT2D eigenvalue weighted by molar-refractivity contribution is 7.14. The van der Waals surface area contributed by atoms with Crippen LogP contribution in [0, 0.1) is 6.92 Å². The van der Waals surface area contributed by atoms with Gasteiger partial charge in [-0.15, -0.1) is 11.3 Å². The van der Waals surface area contributed by atoms with Gasteiger partial charge in [-0.05, 0) is 37.3 Å². The summed E-state index contributed by atoms with van der Waals surface area (Å²) in [6, 6.07) is 15.1. The number of amides is 1. The molecule has 0 fully saturated rings. The van der Waals surface area contributed by atoms with Crippen LogP contribution >= 0.6 is 11.3 Å². The number of thiazole rings is 1. The molecule has 0 radical (unpaired) electrons. The van der Waals surface area contributed by atoms with Crippen molar-refractivity contribution in [3.63, 3.8) is 0 Å². The highest BCUT2D eigenvalue weighted by Gasteiger charge is 2.17. The Hall–Kier alpha value is -3.65. The summed E-state index contributed by atoms with van der Waals surface area (Å²) in [5.41, 5.74) is 2.95. The fourth-order valence-electron chi connectivity index (χ4n) is 3.08. The van der Waals surface area contributed by atoms with Crippen LogP contribution in [-0.4, -0.2) is 30.1 Å². The quantitative estimate of drug-likeness (QED) is 0.441. The minimum absolute atomic E-state index is 0.0968. The summed E-state index contributed by atoms with van der Waals surface area (Å²) in [5.74, 6) is 2.28. The topological polar surface area (TPSA) is 86.5 Å². The third-order valence-electron chi connectivity index (χ3n) is 4.67. The molecule has 158 valence electrons. The van der Waals surface area contributed by atoms with E-state index < -0.39 is 0 Å². The number of aromatic nitrogens is 2. The van der Waals surface area contributed by atoms with E-state index in [0.717, 1.165) is 11.1 Å². The molecular formula is C23H21N3O4S. The minimum Gasteiger partial charge on any atom is -0.497 e. The molecular weight excluding hydrogens is 414 g/mol. The Labute approximate surface area is 183 Å². The van der Waals surface area contributed by atoms with Gasteiger partial charge in [0.2, 0.25) is 11.8 Å². The molecule has 0 saturated carbocycles. The standard InChI is InChI=1S/C23H21N3O4S/c1-14-18(24-22(30-14)15-7-5-4-6-8-15)12-21(27)26-23-25-19(13-31-23)17-11-16(28-2)9-10-20(17)29-3/h4-11,13H,12H2,1-3H3,(H,25,26,27). The summed E-state index contributed by atoms with van der Waals surface area (Å²) < 4.78 is 16.4. The third-order valence-corrected chi connectivity index (χ3v) is 5.43. The number of hydrogen-bond acceptors (Lipinski definition) is 7. The van der Waals surface area contributed by atoms with Crippen molar-refractivity contribution in [1.29, 1.82) is 0 Å². The second-order valence-corrected chi connectivity index (χ2v) is 7.58. The van der Waals surface area contributed by atoms with E-state index in [1.54, 1.807) is 21.1 Å². The molecule has 2 aromatic heterocycles. The van der Waals surface area contributed by atoms with E-state index in [2.05, 4.69) is 15.3 Å². The summed E-state index contributed by atoms with van der Waals surface area (Å²) in [6.45, 7) is 1.80. The van der Waals surface area contributed by atoms with Gasteiger partial charge in [0, 0.05) is 16.5 Å². The molecule has 0 saturated heterocycles. The summed E-state index contributed by atoms with van der Waals surface area (Å²) in [5, 5.41) is 5.20. The van der Waals surface area contributed by atoms with Crippen molar-refractivity contribution < 1.29 is 18.7 Å². The van der Waals surface area contributed by atoms with E-state index >= 15 is 0 Å². The fraction of sp³-hybridized carbons (Fsp3) is 0.174. The zero-order chi connectivity index (χ0) is 21.8. The fourth-order valence-corrected chi connectivity index (χ4v) is 3.81. The SMILES string of the molecule is COc1ccc(OC)c(-c2csc(NC(=O)Cc3nc(-c4ccccc4)oc3C)n2)c1. The lowest BCUT2D eigenvalue weighted by Crippen LogP contribution is -2.15. The Bertz CT molecular complexity index is 1200. The monoisotopic (exact) mass is 435 g/mol. The third kappa shape index (κ3) is 4.59. The maximum atomic E-state index is 12.6. The number of hydrogen-bond donors (Lipinski definition) is 1. The molecule has 1 N–H and O–H groups in total. The second kappa shape index (κ2) is 9.01. The number of anilines is 1. The van der Waals surface area contributed by atoms with Crippen molar-refractivity contribution in [3.8, 4) is 34.2 Å². The van der Waals surface area contributed by atoms with Gasteiger partial charge in [0.1, 0.15) is 17.3 Å². The molecule has 1 amide bonds. The van der Waals surface area contributed by atoms with Gasteiger partial charge in [-0.25, -0.2) is 9.97 Å². The molecule has 4 rings (SSSR count). The van der Waals surface area contributed by atoms with Crippen LogP contribution in [0.25, 0.3) is 22.7 Å². The lowest BCUT2D eigenvalue weighted by molar-refractivity contribution is -0.115. The first-order valence-electron chi connectivity index (χ1n) is 9.57.